The van der Waals surface area contributed by atoms with Gasteiger partial charge in [-0.2, -0.15) is 0 Å². The van der Waals surface area contributed by atoms with Gasteiger partial charge in [0.25, 0.3) is 0 Å². The number of rotatable bonds is 3. The van der Waals surface area contributed by atoms with E-state index in [-0.39, 0.29) is 12.4 Å². The van der Waals surface area contributed by atoms with E-state index in [9.17, 15) is 9.50 Å². The summed E-state index contributed by atoms with van der Waals surface area (Å²) < 4.78 is 13.5. The van der Waals surface area contributed by atoms with Crippen LogP contribution < -0.4 is 10.2 Å². The number of hydrogen-bond donors (Lipinski definition) is 2. The molecule has 5 heteroatoms. The fourth-order valence-corrected chi connectivity index (χ4v) is 2.51. The molecular weight excluding hydrogens is 269 g/mol. The highest BCUT2D eigenvalue weighted by atomic mass is 19.1. The van der Waals surface area contributed by atoms with Crippen molar-refractivity contribution in [3.05, 3.63) is 47.8 Å². The van der Waals surface area contributed by atoms with Gasteiger partial charge in [0, 0.05) is 37.3 Å². The first kappa shape index (κ1) is 14.0. The molecule has 2 N–H and O–H groups in total. The SMILES string of the molecule is OCc1cc(-c2cccc(N3CCNCC3)n2)ccc1F. The molecule has 110 valence electrons. The molecule has 0 unspecified atom stereocenters. The van der Waals surface area contributed by atoms with E-state index in [4.69, 9.17) is 0 Å². The van der Waals surface area contributed by atoms with Gasteiger partial charge in [0.15, 0.2) is 0 Å². The highest BCUT2D eigenvalue weighted by molar-refractivity contribution is 5.62. The van der Waals surface area contributed by atoms with Crippen molar-refractivity contribution in [2.24, 2.45) is 0 Å². The van der Waals surface area contributed by atoms with Crippen LogP contribution in [-0.4, -0.2) is 36.3 Å². The van der Waals surface area contributed by atoms with Crippen LogP contribution in [0.3, 0.4) is 0 Å². The minimum Gasteiger partial charge on any atom is -0.392 e. The van der Waals surface area contributed by atoms with Crippen molar-refractivity contribution < 1.29 is 9.50 Å². The molecule has 0 atom stereocenters. The molecule has 0 saturated carbocycles. The van der Waals surface area contributed by atoms with Gasteiger partial charge in [-0.15, -0.1) is 0 Å². The molecular formula is C16H18FN3O. The Morgan fingerprint density at radius 1 is 1.19 bits per heavy atom. The van der Waals surface area contributed by atoms with Crippen molar-refractivity contribution >= 4 is 5.82 Å². The van der Waals surface area contributed by atoms with Crippen LogP contribution in [0.1, 0.15) is 5.56 Å². The molecule has 2 aromatic rings. The number of pyridine rings is 1. The number of anilines is 1. The highest BCUT2D eigenvalue weighted by Gasteiger charge is 2.12. The molecule has 0 aliphatic carbocycles. The first-order valence-corrected chi connectivity index (χ1v) is 7.10. The van der Waals surface area contributed by atoms with Crippen LogP contribution in [-0.2, 0) is 6.61 Å². The molecule has 1 fully saturated rings. The van der Waals surface area contributed by atoms with E-state index in [0.29, 0.717) is 5.56 Å². The average molecular weight is 287 g/mol. The number of nitrogens with one attached hydrogen (secondary N) is 1. The molecule has 1 aromatic heterocycles. The first-order valence-electron chi connectivity index (χ1n) is 7.10. The van der Waals surface area contributed by atoms with Crippen molar-refractivity contribution in [3.63, 3.8) is 0 Å². The first-order chi connectivity index (χ1) is 10.3. The summed E-state index contributed by atoms with van der Waals surface area (Å²) in [6.07, 6.45) is 0. The van der Waals surface area contributed by atoms with Crippen molar-refractivity contribution in [2.45, 2.75) is 6.61 Å². The third-order valence-corrected chi connectivity index (χ3v) is 3.69. The van der Waals surface area contributed by atoms with Crippen molar-refractivity contribution in [1.82, 2.24) is 10.3 Å². The maximum atomic E-state index is 13.5. The van der Waals surface area contributed by atoms with E-state index < -0.39 is 0 Å². The van der Waals surface area contributed by atoms with Gasteiger partial charge in [0.2, 0.25) is 0 Å². The lowest BCUT2D eigenvalue weighted by atomic mass is 10.1. The highest BCUT2D eigenvalue weighted by Crippen LogP contribution is 2.23. The van der Waals surface area contributed by atoms with E-state index in [0.717, 1.165) is 43.3 Å². The van der Waals surface area contributed by atoms with E-state index in [1.807, 2.05) is 18.2 Å². The smallest absolute Gasteiger partial charge is 0.129 e. The van der Waals surface area contributed by atoms with Crippen LogP contribution in [0.4, 0.5) is 10.2 Å². The third-order valence-electron chi connectivity index (χ3n) is 3.69. The molecule has 1 aliphatic rings. The van der Waals surface area contributed by atoms with E-state index in [1.165, 1.54) is 6.07 Å². The summed E-state index contributed by atoms with van der Waals surface area (Å²) in [7, 11) is 0. The quantitative estimate of drug-likeness (QED) is 0.903. The lowest BCUT2D eigenvalue weighted by Crippen LogP contribution is -2.43. The number of piperazine rings is 1. The molecule has 0 radical (unpaired) electrons. The Hall–Kier alpha value is -1.98. The van der Waals surface area contributed by atoms with Crippen LogP contribution in [0, 0.1) is 5.82 Å². The van der Waals surface area contributed by atoms with Gasteiger partial charge in [-0.1, -0.05) is 6.07 Å². The molecule has 2 heterocycles. The Bertz CT molecular complexity index is 627. The Morgan fingerprint density at radius 2 is 2.00 bits per heavy atom. The Kier molecular flexibility index (Phi) is 4.13. The van der Waals surface area contributed by atoms with Crippen LogP contribution in [0.5, 0.6) is 0 Å². The van der Waals surface area contributed by atoms with Gasteiger partial charge in [0.1, 0.15) is 11.6 Å². The van der Waals surface area contributed by atoms with Gasteiger partial charge >= 0.3 is 0 Å². The summed E-state index contributed by atoms with van der Waals surface area (Å²) in [5.74, 6) is 0.545. The summed E-state index contributed by atoms with van der Waals surface area (Å²) in [4.78, 5) is 6.90. The summed E-state index contributed by atoms with van der Waals surface area (Å²) in [6, 6.07) is 10.6. The zero-order chi connectivity index (χ0) is 14.7. The second-order valence-corrected chi connectivity index (χ2v) is 5.08. The molecule has 4 nitrogen and oxygen atoms in total. The second kappa shape index (κ2) is 6.20. The summed E-state index contributed by atoms with van der Waals surface area (Å²) in [6.45, 7) is 3.47. The Balaban J connectivity index is 1.92. The maximum absolute atomic E-state index is 13.5. The van der Waals surface area contributed by atoms with Gasteiger partial charge in [-0.25, -0.2) is 9.37 Å². The molecule has 1 aromatic carbocycles. The minimum atomic E-state index is -0.389. The molecule has 0 spiro atoms. The third kappa shape index (κ3) is 3.04. The van der Waals surface area contributed by atoms with Gasteiger partial charge < -0.3 is 15.3 Å². The van der Waals surface area contributed by atoms with E-state index >= 15 is 0 Å². The monoisotopic (exact) mass is 287 g/mol. The van der Waals surface area contributed by atoms with Crippen molar-refractivity contribution in [1.29, 1.82) is 0 Å². The number of aliphatic hydroxyl groups excluding tert-OH is 1. The standard InChI is InChI=1S/C16H18FN3O/c17-14-5-4-12(10-13(14)11-21)15-2-1-3-16(19-15)20-8-6-18-7-9-20/h1-5,10,18,21H,6-9,11H2. The molecule has 0 amide bonds. The topological polar surface area (TPSA) is 48.4 Å². The molecule has 0 bridgehead atoms. The zero-order valence-corrected chi connectivity index (χ0v) is 11.7. The van der Waals surface area contributed by atoms with Gasteiger partial charge in [0.05, 0.1) is 12.3 Å². The van der Waals surface area contributed by atoms with Crippen LogP contribution >= 0.6 is 0 Å². The Morgan fingerprint density at radius 3 is 2.76 bits per heavy atom. The Labute approximate surface area is 123 Å². The van der Waals surface area contributed by atoms with Crippen LogP contribution in [0.2, 0.25) is 0 Å². The number of halogens is 1. The number of nitrogens with zero attached hydrogens (tertiary/aromatic N) is 2. The predicted molar refractivity (Wildman–Crippen MR) is 80.6 cm³/mol. The fourth-order valence-electron chi connectivity index (χ4n) is 2.51. The molecule has 3 rings (SSSR count). The predicted octanol–water partition coefficient (Wildman–Crippen LogP) is 1.79. The van der Waals surface area contributed by atoms with Crippen LogP contribution in [0.25, 0.3) is 11.3 Å². The minimum absolute atomic E-state index is 0.293. The average Bonchev–Trinajstić information content (AvgIpc) is 2.56. The molecule has 1 saturated heterocycles. The number of aliphatic hydroxyl groups is 1. The fraction of sp³-hybridized carbons (Fsp3) is 0.312. The number of benzene rings is 1. The van der Waals surface area contributed by atoms with E-state index in [2.05, 4.69) is 15.2 Å². The largest absolute Gasteiger partial charge is 0.392 e. The zero-order valence-electron chi connectivity index (χ0n) is 11.7. The molecule has 21 heavy (non-hydrogen) atoms. The van der Waals surface area contributed by atoms with Crippen molar-refractivity contribution in [2.75, 3.05) is 31.1 Å². The van der Waals surface area contributed by atoms with E-state index in [1.54, 1.807) is 12.1 Å². The van der Waals surface area contributed by atoms with Crippen molar-refractivity contribution in [3.8, 4) is 11.3 Å². The lowest BCUT2D eigenvalue weighted by Gasteiger charge is -2.28. The summed E-state index contributed by atoms with van der Waals surface area (Å²) in [5, 5.41) is 12.5. The number of aromatic nitrogens is 1. The normalized spacial score (nSPS) is 15.2. The number of hydrogen-bond acceptors (Lipinski definition) is 4. The van der Waals surface area contributed by atoms with Gasteiger partial charge in [-0.3, -0.25) is 0 Å². The lowest BCUT2D eigenvalue weighted by molar-refractivity contribution is 0.276. The van der Waals surface area contributed by atoms with Crippen LogP contribution in [0.15, 0.2) is 36.4 Å². The summed E-state index contributed by atoms with van der Waals surface area (Å²) >= 11 is 0. The van der Waals surface area contributed by atoms with Gasteiger partial charge in [-0.05, 0) is 30.3 Å². The molecule has 1 aliphatic heterocycles. The second-order valence-electron chi connectivity index (χ2n) is 5.08. The summed E-state index contributed by atoms with van der Waals surface area (Å²) in [5.41, 5.74) is 1.90. The maximum Gasteiger partial charge on any atom is 0.129 e.